The highest BCUT2D eigenvalue weighted by atomic mass is 16.5. The number of hydrogen-bond donors (Lipinski definition) is 1. The molecule has 0 heterocycles. The lowest BCUT2D eigenvalue weighted by atomic mass is 9.63. The SMILES string of the molecule is COC(=O)C(Cc1ccc(OCCOc2ccc3c(c2)C(C)(C)CCC3(C)C)cc1)C(N)=O. The summed E-state index contributed by atoms with van der Waals surface area (Å²) in [5.74, 6) is -0.784. The van der Waals surface area contributed by atoms with Crippen LogP contribution in [0, 0.1) is 5.92 Å². The van der Waals surface area contributed by atoms with E-state index in [1.54, 1.807) is 12.1 Å². The Labute approximate surface area is 196 Å². The molecule has 2 N–H and O–H groups in total. The first-order valence-corrected chi connectivity index (χ1v) is 11.4. The summed E-state index contributed by atoms with van der Waals surface area (Å²) in [6, 6.07) is 13.7. The van der Waals surface area contributed by atoms with E-state index in [0.717, 1.165) is 17.7 Å². The number of primary amides is 1. The fraction of sp³-hybridized carbons (Fsp3) is 0.481. The normalized spacial score (nSPS) is 16.9. The molecule has 0 bridgehead atoms. The van der Waals surface area contributed by atoms with Gasteiger partial charge in [-0.25, -0.2) is 0 Å². The zero-order chi connectivity index (χ0) is 24.2. The van der Waals surface area contributed by atoms with Crippen molar-refractivity contribution in [3.05, 3.63) is 59.2 Å². The number of carbonyl (C=O) groups excluding carboxylic acids is 2. The highest BCUT2D eigenvalue weighted by Crippen LogP contribution is 2.46. The number of hydrogen-bond acceptors (Lipinski definition) is 5. The largest absolute Gasteiger partial charge is 0.490 e. The van der Waals surface area contributed by atoms with Gasteiger partial charge in [-0.2, -0.15) is 0 Å². The number of amides is 1. The van der Waals surface area contributed by atoms with Crippen LogP contribution in [0.1, 0.15) is 57.2 Å². The number of esters is 1. The quantitative estimate of drug-likeness (QED) is 0.347. The Morgan fingerprint density at radius 1 is 0.879 bits per heavy atom. The summed E-state index contributed by atoms with van der Waals surface area (Å²) in [6.45, 7) is 10.0. The Kier molecular flexibility index (Phi) is 7.35. The first-order chi connectivity index (χ1) is 15.5. The average Bonchev–Trinajstić information content (AvgIpc) is 2.78. The van der Waals surface area contributed by atoms with Crippen molar-refractivity contribution < 1.29 is 23.8 Å². The molecule has 178 valence electrons. The van der Waals surface area contributed by atoms with Crippen LogP contribution in [0.15, 0.2) is 42.5 Å². The maximum Gasteiger partial charge on any atom is 0.318 e. The molecule has 6 heteroatoms. The van der Waals surface area contributed by atoms with Gasteiger partial charge in [0.2, 0.25) is 5.91 Å². The third kappa shape index (κ3) is 5.86. The summed E-state index contributed by atoms with van der Waals surface area (Å²) in [5, 5.41) is 0. The third-order valence-electron chi connectivity index (χ3n) is 6.64. The van der Waals surface area contributed by atoms with Crippen molar-refractivity contribution in [1.82, 2.24) is 0 Å². The predicted octanol–water partition coefficient (Wildman–Crippen LogP) is 4.31. The molecule has 1 aliphatic carbocycles. The summed E-state index contributed by atoms with van der Waals surface area (Å²) >= 11 is 0. The Hall–Kier alpha value is -3.02. The second-order valence-corrected chi connectivity index (χ2v) is 10.00. The van der Waals surface area contributed by atoms with E-state index in [-0.39, 0.29) is 17.3 Å². The van der Waals surface area contributed by atoms with Crippen molar-refractivity contribution in [2.24, 2.45) is 11.7 Å². The number of methoxy groups -OCH3 is 1. The molecule has 2 aromatic carbocycles. The Bertz CT molecular complexity index is 994. The van der Waals surface area contributed by atoms with Crippen LogP contribution in [-0.2, 0) is 31.6 Å². The Balaban J connectivity index is 1.53. The van der Waals surface area contributed by atoms with E-state index in [0.29, 0.717) is 19.0 Å². The molecule has 1 aliphatic rings. The van der Waals surface area contributed by atoms with Crippen LogP contribution in [0.25, 0.3) is 0 Å². The van der Waals surface area contributed by atoms with Gasteiger partial charge in [0.15, 0.2) is 0 Å². The van der Waals surface area contributed by atoms with E-state index in [1.165, 1.54) is 24.7 Å². The minimum atomic E-state index is -0.998. The molecular formula is C27H35NO5. The molecule has 1 unspecified atom stereocenters. The molecule has 0 radical (unpaired) electrons. The maximum absolute atomic E-state index is 11.7. The second kappa shape index (κ2) is 9.86. The molecule has 1 amide bonds. The first kappa shape index (κ1) is 24.6. The van der Waals surface area contributed by atoms with E-state index in [2.05, 4.69) is 44.6 Å². The minimum absolute atomic E-state index is 0.143. The molecule has 3 rings (SSSR count). The molecule has 0 aromatic heterocycles. The standard InChI is InChI=1S/C27H35NO5/c1-26(2)12-13-27(3,4)23-17-20(10-11-22(23)26)33-15-14-32-19-8-6-18(7-9-19)16-21(24(28)29)25(30)31-5/h6-11,17,21H,12-16H2,1-5H3,(H2,28,29). The smallest absolute Gasteiger partial charge is 0.318 e. The zero-order valence-corrected chi connectivity index (χ0v) is 20.3. The van der Waals surface area contributed by atoms with E-state index < -0.39 is 17.8 Å². The van der Waals surface area contributed by atoms with Crippen molar-refractivity contribution in [2.45, 2.75) is 57.8 Å². The van der Waals surface area contributed by atoms with Crippen LogP contribution in [0.2, 0.25) is 0 Å². The van der Waals surface area contributed by atoms with Crippen LogP contribution in [0.4, 0.5) is 0 Å². The monoisotopic (exact) mass is 453 g/mol. The Morgan fingerprint density at radius 3 is 2.00 bits per heavy atom. The van der Waals surface area contributed by atoms with Gasteiger partial charge in [0.25, 0.3) is 0 Å². The minimum Gasteiger partial charge on any atom is -0.490 e. The van der Waals surface area contributed by atoms with E-state index >= 15 is 0 Å². The summed E-state index contributed by atoms with van der Waals surface area (Å²) < 4.78 is 16.4. The van der Waals surface area contributed by atoms with Gasteiger partial charge >= 0.3 is 5.97 Å². The molecule has 1 atom stereocenters. The number of fused-ring (bicyclic) bond motifs is 1. The number of ether oxygens (including phenoxy) is 3. The predicted molar refractivity (Wildman–Crippen MR) is 128 cm³/mol. The highest BCUT2D eigenvalue weighted by Gasteiger charge is 2.37. The summed E-state index contributed by atoms with van der Waals surface area (Å²) in [5.41, 5.74) is 9.22. The van der Waals surface area contributed by atoms with Gasteiger partial charge in [-0.15, -0.1) is 0 Å². The van der Waals surface area contributed by atoms with Gasteiger partial charge in [0, 0.05) is 0 Å². The summed E-state index contributed by atoms with van der Waals surface area (Å²) in [7, 11) is 1.24. The average molecular weight is 454 g/mol. The van der Waals surface area contributed by atoms with E-state index in [1.807, 2.05) is 18.2 Å². The third-order valence-corrected chi connectivity index (χ3v) is 6.64. The van der Waals surface area contributed by atoms with Gasteiger partial charge < -0.3 is 19.9 Å². The van der Waals surface area contributed by atoms with Gasteiger partial charge in [0.05, 0.1) is 7.11 Å². The molecule has 6 nitrogen and oxygen atoms in total. The van der Waals surface area contributed by atoms with Crippen LogP contribution in [0.3, 0.4) is 0 Å². The zero-order valence-electron chi connectivity index (χ0n) is 20.3. The van der Waals surface area contributed by atoms with Crippen molar-refractivity contribution in [3.8, 4) is 11.5 Å². The molecule has 0 fully saturated rings. The fourth-order valence-corrected chi connectivity index (χ4v) is 4.38. The first-order valence-electron chi connectivity index (χ1n) is 11.4. The lowest BCUT2D eigenvalue weighted by Crippen LogP contribution is -2.33. The van der Waals surface area contributed by atoms with Gasteiger partial charge in [-0.05, 0) is 71.0 Å². The molecule has 0 saturated heterocycles. The molecule has 0 spiro atoms. The van der Waals surface area contributed by atoms with Crippen molar-refractivity contribution in [2.75, 3.05) is 20.3 Å². The van der Waals surface area contributed by atoms with Gasteiger partial charge in [0.1, 0.15) is 30.6 Å². The van der Waals surface area contributed by atoms with Gasteiger partial charge in [-0.1, -0.05) is 45.9 Å². The summed E-state index contributed by atoms with van der Waals surface area (Å²) in [6.07, 6.45) is 2.54. The highest BCUT2D eigenvalue weighted by molar-refractivity contribution is 5.97. The summed E-state index contributed by atoms with van der Waals surface area (Å²) in [4.78, 5) is 23.2. The van der Waals surface area contributed by atoms with Crippen LogP contribution < -0.4 is 15.2 Å². The second-order valence-electron chi connectivity index (χ2n) is 10.00. The molecule has 0 aliphatic heterocycles. The molecule has 33 heavy (non-hydrogen) atoms. The van der Waals surface area contributed by atoms with Crippen LogP contribution in [0.5, 0.6) is 11.5 Å². The van der Waals surface area contributed by atoms with Crippen molar-refractivity contribution >= 4 is 11.9 Å². The topological polar surface area (TPSA) is 87.8 Å². The number of carbonyl (C=O) groups is 2. The van der Waals surface area contributed by atoms with E-state index in [9.17, 15) is 9.59 Å². The molecule has 2 aromatic rings. The number of nitrogens with two attached hydrogens (primary N) is 1. The number of rotatable bonds is 9. The fourth-order valence-electron chi connectivity index (χ4n) is 4.38. The van der Waals surface area contributed by atoms with Crippen molar-refractivity contribution in [1.29, 1.82) is 0 Å². The van der Waals surface area contributed by atoms with Gasteiger partial charge in [-0.3, -0.25) is 9.59 Å². The lowest BCUT2D eigenvalue weighted by molar-refractivity contribution is -0.149. The molecule has 0 saturated carbocycles. The molecular weight excluding hydrogens is 418 g/mol. The van der Waals surface area contributed by atoms with Crippen LogP contribution >= 0.6 is 0 Å². The van der Waals surface area contributed by atoms with Crippen molar-refractivity contribution in [3.63, 3.8) is 0 Å². The van der Waals surface area contributed by atoms with Crippen LogP contribution in [-0.4, -0.2) is 32.2 Å². The lowest BCUT2D eigenvalue weighted by Gasteiger charge is -2.41. The maximum atomic E-state index is 11.7. The number of benzene rings is 2. The van der Waals surface area contributed by atoms with E-state index in [4.69, 9.17) is 15.2 Å². The Morgan fingerprint density at radius 2 is 1.42 bits per heavy atom.